The minimum absolute atomic E-state index is 0.0113. The summed E-state index contributed by atoms with van der Waals surface area (Å²) in [6.07, 6.45) is -2.97. The van der Waals surface area contributed by atoms with Gasteiger partial charge in [0, 0.05) is 45.1 Å². The van der Waals surface area contributed by atoms with Gasteiger partial charge in [0.05, 0.1) is 23.9 Å². The van der Waals surface area contributed by atoms with E-state index >= 15 is 0 Å². The molecule has 36 heavy (non-hydrogen) atoms. The molecule has 2 saturated heterocycles. The number of anilines is 1. The van der Waals surface area contributed by atoms with Crippen molar-refractivity contribution >= 4 is 27.3 Å². The second kappa shape index (κ2) is 10.0. The van der Waals surface area contributed by atoms with Crippen LogP contribution in [0.4, 0.5) is 32.3 Å². The summed E-state index contributed by atoms with van der Waals surface area (Å²) in [6, 6.07) is -0.252. The Hall–Kier alpha value is -2.04. The van der Waals surface area contributed by atoms with Crippen LogP contribution in [0.2, 0.25) is 0 Å². The maximum atomic E-state index is 14.6. The summed E-state index contributed by atoms with van der Waals surface area (Å²) in [5.74, 6) is -3.95. The lowest BCUT2D eigenvalue weighted by molar-refractivity contribution is -0.140. The van der Waals surface area contributed by atoms with E-state index in [9.17, 15) is 34.8 Å². The molecule has 200 valence electrons. The fraction of sp³-hybridized carbons (Fsp3) is 0.650. The summed E-state index contributed by atoms with van der Waals surface area (Å²) in [7, 11) is -3.33. The summed E-state index contributed by atoms with van der Waals surface area (Å²) < 4.78 is 107. The monoisotopic (exact) mass is 558 g/mol. The molecule has 2 aromatic heterocycles. The van der Waals surface area contributed by atoms with Gasteiger partial charge in [0.2, 0.25) is 16.0 Å². The number of hydrogen-bond acceptors (Lipinski definition) is 8. The van der Waals surface area contributed by atoms with Gasteiger partial charge in [0.15, 0.2) is 11.5 Å². The lowest BCUT2D eigenvalue weighted by Crippen LogP contribution is -2.42. The average Bonchev–Trinajstić information content (AvgIpc) is 3.20. The predicted octanol–water partition coefficient (Wildman–Crippen LogP) is 3.83. The highest BCUT2D eigenvalue weighted by Gasteiger charge is 2.40. The Morgan fingerprint density at radius 1 is 1.14 bits per heavy atom. The number of sulfonamides is 1. The molecule has 0 amide bonds. The van der Waals surface area contributed by atoms with Crippen LogP contribution in [0.3, 0.4) is 0 Å². The Labute approximate surface area is 207 Å². The molecule has 4 rings (SSSR count). The van der Waals surface area contributed by atoms with Crippen molar-refractivity contribution in [1.29, 1.82) is 0 Å². The van der Waals surface area contributed by atoms with Gasteiger partial charge < -0.3 is 5.32 Å². The van der Waals surface area contributed by atoms with Crippen LogP contribution in [-0.2, 0) is 22.7 Å². The van der Waals surface area contributed by atoms with E-state index in [1.54, 1.807) is 4.90 Å². The molecule has 0 radical (unpaired) electrons. The SMILES string of the molecule is CS(=O)(=O)N1CCC(Nc2ncc(F)c(-c3sc(CN4CCC(F)(F)CC4)nc3C(F)(F)F)n2)CC1. The van der Waals surface area contributed by atoms with Gasteiger partial charge in [-0.2, -0.15) is 13.2 Å². The van der Waals surface area contributed by atoms with E-state index in [0.717, 1.165) is 12.5 Å². The van der Waals surface area contributed by atoms with Crippen molar-refractivity contribution in [3.05, 3.63) is 22.7 Å². The molecule has 2 fully saturated rings. The molecule has 0 atom stereocenters. The van der Waals surface area contributed by atoms with Gasteiger partial charge in [0.1, 0.15) is 10.7 Å². The maximum Gasteiger partial charge on any atom is 0.434 e. The Balaban J connectivity index is 1.54. The third-order valence-corrected chi connectivity index (χ3v) is 8.45. The highest BCUT2D eigenvalue weighted by molar-refractivity contribution is 7.88. The number of aromatic nitrogens is 3. The predicted molar refractivity (Wildman–Crippen MR) is 121 cm³/mol. The second-order valence-electron chi connectivity index (χ2n) is 8.89. The largest absolute Gasteiger partial charge is 0.434 e. The zero-order valence-corrected chi connectivity index (χ0v) is 20.8. The number of halogens is 6. The van der Waals surface area contributed by atoms with Crippen molar-refractivity contribution in [2.45, 2.75) is 50.4 Å². The standard InChI is InChI=1S/C20H24F6N6O2S2/c1-36(33,34)32-6-2-12(3-7-32)28-18-27-10-13(21)15(30-18)16-17(20(24,25)26)29-14(35-16)11-31-8-4-19(22,23)5-9-31/h10,12H,2-9,11H2,1H3,(H,27,28,30). The Morgan fingerprint density at radius 2 is 1.78 bits per heavy atom. The summed E-state index contributed by atoms with van der Waals surface area (Å²) in [5, 5.41) is 2.96. The molecule has 2 aliphatic heterocycles. The minimum Gasteiger partial charge on any atom is -0.351 e. The van der Waals surface area contributed by atoms with Gasteiger partial charge in [-0.15, -0.1) is 11.3 Å². The van der Waals surface area contributed by atoms with Gasteiger partial charge in [-0.3, -0.25) is 4.90 Å². The number of piperidine rings is 2. The van der Waals surface area contributed by atoms with Gasteiger partial charge in [0.25, 0.3) is 5.92 Å². The molecule has 0 aromatic carbocycles. The van der Waals surface area contributed by atoms with E-state index in [0.29, 0.717) is 24.2 Å². The average molecular weight is 559 g/mol. The Morgan fingerprint density at radius 3 is 2.36 bits per heavy atom. The molecule has 8 nitrogen and oxygen atoms in total. The molecule has 0 aliphatic carbocycles. The first kappa shape index (κ1) is 27.0. The van der Waals surface area contributed by atoms with Crippen molar-refractivity contribution < 1.29 is 34.8 Å². The van der Waals surface area contributed by atoms with Gasteiger partial charge in [-0.1, -0.05) is 0 Å². The van der Waals surface area contributed by atoms with Crippen LogP contribution >= 0.6 is 11.3 Å². The third kappa shape index (κ3) is 6.44. The van der Waals surface area contributed by atoms with Gasteiger partial charge in [-0.05, 0) is 12.8 Å². The molecule has 0 spiro atoms. The lowest BCUT2D eigenvalue weighted by Gasteiger charge is -2.30. The first-order valence-corrected chi connectivity index (χ1v) is 13.8. The quantitative estimate of drug-likeness (QED) is 0.539. The molecule has 0 saturated carbocycles. The Kier molecular flexibility index (Phi) is 7.52. The number of alkyl halides is 5. The van der Waals surface area contributed by atoms with Crippen LogP contribution in [0, 0.1) is 5.82 Å². The maximum absolute atomic E-state index is 14.6. The normalized spacial score (nSPS) is 20.5. The number of likely N-dealkylation sites (tertiary alicyclic amines) is 1. The molecule has 0 bridgehead atoms. The number of nitrogens with one attached hydrogen (secondary N) is 1. The second-order valence-corrected chi connectivity index (χ2v) is 12.0. The molecule has 16 heteroatoms. The van der Waals surface area contributed by atoms with E-state index in [1.807, 2.05) is 0 Å². The summed E-state index contributed by atoms with van der Waals surface area (Å²) in [6.45, 7) is 0.460. The van der Waals surface area contributed by atoms with Crippen LogP contribution in [-0.4, -0.2) is 77.0 Å². The summed E-state index contributed by atoms with van der Waals surface area (Å²) in [4.78, 5) is 12.5. The number of nitrogens with zero attached hydrogens (tertiary/aromatic N) is 5. The van der Waals surface area contributed by atoms with Crippen molar-refractivity contribution in [2.24, 2.45) is 0 Å². The number of rotatable bonds is 6. The smallest absolute Gasteiger partial charge is 0.351 e. The van der Waals surface area contributed by atoms with Crippen LogP contribution in [0.1, 0.15) is 36.4 Å². The van der Waals surface area contributed by atoms with Crippen LogP contribution in [0.15, 0.2) is 6.20 Å². The third-order valence-electron chi connectivity index (χ3n) is 6.10. The fourth-order valence-corrected chi connectivity index (χ4v) is 6.12. The highest BCUT2D eigenvalue weighted by atomic mass is 32.2. The van der Waals surface area contributed by atoms with Gasteiger partial charge in [-0.25, -0.2) is 40.8 Å². The van der Waals surface area contributed by atoms with E-state index < -0.39 is 57.0 Å². The van der Waals surface area contributed by atoms with E-state index in [1.165, 1.54) is 4.31 Å². The topological polar surface area (TPSA) is 91.3 Å². The van der Waals surface area contributed by atoms with E-state index in [-0.39, 0.29) is 49.7 Å². The van der Waals surface area contributed by atoms with Crippen LogP contribution in [0.5, 0.6) is 0 Å². The summed E-state index contributed by atoms with van der Waals surface area (Å²) in [5.41, 5.74) is -1.86. The Bertz CT molecular complexity index is 1190. The fourth-order valence-electron chi connectivity index (χ4n) is 4.12. The number of thiazole rings is 1. The highest BCUT2D eigenvalue weighted by Crippen LogP contribution is 2.41. The molecular weight excluding hydrogens is 534 g/mol. The molecule has 0 unspecified atom stereocenters. The minimum atomic E-state index is -4.89. The molecule has 4 heterocycles. The van der Waals surface area contributed by atoms with E-state index in [2.05, 4.69) is 20.3 Å². The zero-order valence-electron chi connectivity index (χ0n) is 19.2. The first-order chi connectivity index (χ1) is 16.7. The van der Waals surface area contributed by atoms with Crippen molar-refractivity contribution in [3.8, 4) is 10.6 Å². The molecule has 2 aliphatic rings. The molecule has 2 aromatic rings. The lowest BCUT2D eigenvalue weighted by atomic mass is 10.1. The van der Waals surface area contributed by atoms with Crippen LogP contribution in [0.25, 0.3) is 10.6 Å². The molecular formula is C20H24F6N6O2S2. The van der Waals surface area contributed by atoms with Crippen molar-refractivity contribution in [1.82, 2.24) is 24.2 Å². The van der Waals surface area contributed by atoms with Gasteiger partial charge >= 0.3 is 6.18 Å². The first-order valence-electron chi connectivity index (χ1n) is 11.1. The van der Waals surface area contributed by atoms with Crippen LogP contribution < -0.4 is 5.32 Å². The molecule has 1 N–H and O–H groups in total. The number of hydrogen-bond donors (Lipinski definition) is 1. The van der Waals surface area contributed by atoms with Crippen molar-refractivity contribution in [2.75, 3.05) is 37.8 Å². The summed E-state index contributed by atoms with van der Waals surface area (Å²) >= 11 is 0.613. The van der Waals surface area contributed by atoms with E-state index in [4.69, 9.17) is 0 Å². The van der Waals surface area contributed by atoms with Crippen molar-refractivity contribution in [3.63, 3.8) is 0 Å². The zero-order chi connectivity index (χ0) is 26.3.